The van der Waals surface area contributed by atoms with Crippen molar-refractivity contribution in [3.63, 3.8) is 0 Å². The van der Waals surface area contributed by atoms with E-state index in [-0.39, 0.29) is 0 Å². The van der Waals surface area contributed by atoms with Gasteiger partial charge in [-0.2, -0.15) is 0 Å². The number of hydrogen-bond acceptors (Lipinski definition) is 4. The summed E-state index contributed by atoms with van der Waals surface area (Å²) in [5.74, 6) is 1.89. The molecule has 1 aromatic heterocycles. The first-order chi connectivity index (χ1) is 13.1. The maximum atomic E-state index is 5.53. The van der Waals surface area contributed by atoms with Crippen LogP contribution in [-0.2, 0) is 0 Å². The molecule has 1 aliphatic heterocycles. The number of hydrogen-bond donors (Lipinski definition) is 0. The zero-order valence-electron chi connectivity index (χ0n) is 16.6. The average molecular weight is 361 g/mol. The third kappa shape index (κ3) is 3.32. The molecule has 0 saturated carbocycles. The second kappa shape index (κ2) is 7.10. The van der Waals surface area contributed by atoms with Crippen molar-refractivity contribution < 1.29 is 4.74 Å². The molecule has 27 heavy (non-hydrogen) atoms. The number of aryl methyl sites for hydroxylation is 3. The van der Waals surface area contributed by atoms with E-state index in [0.29, 0.717) is 0 Å². The second-order valence-corrected chi connectivity index (χ2v) is 7.42. The lowest BCUT2D eigenvalue weighted by molar-refractivity contribution is 0.419. The van der Waals surface area contributed by atoms with Crippen LogP contribution in [0.25, 0.3) is 10.9 Å². The fraction of sp³-hybridized carbons (Fsp3) is 0.348. The monoisotopic (exact) mass is 361 g/mol. The van der Waals surface area contributed by atoms with Gasteiger partial charge in [-0.25, -0.2) is 4.98 Å². The van der Waals surface area contributed by atoms with E-state index >= 15 is 0 Å². The number of nitrogens with zero attached hydrogens (tertiary/aromatic N) is 3. The predicted molar refractivity (Wildman–Crippen MR) is 113 cm³/mol. The van der Waals surface area contributed by atoms with Crippen LogP contribution in [0.1, 0.15) is 16.7 Å². The molecule has 1 fully saturated rings. The van der Waals surface area contributed by atoms with Crippen molar-refractivity contribution in [3.05, 3.63) is 59.2 Å². The highest BCUT2D eigenvalue weighted by Crippen LogP contribution is 2.30. The van der Waals surface area contributed by atoms with E-state index < -0.39 is 0 Å². The van der Waals surface area contributed by atoms with Crippen LogP contribution in [0.15, 0.2) is 42.5 Å². The zero-order valence-corrected chi connectivity index (χ0v) is 16.6. The number of pyridine rings is 1. The van der Waals surface area contributed by atoms with Gasteiger partial charge in [0.15, 0.2) is 0 Å². The Kier molecular flexibility index (Phi) is 4.65. The van der Waals surface area contributed by atoms with Gasteiger partial charge in [0, 0.05) is 37.3 Å². The molecule has 0 aliphatic carbocycles. The number of fused-ring (bicyclic) bond motifs is 1. The van der Waals surface area contributed by atoms with E-state index in [4.69, 9.17) is 9.72 Å². The minimum atomic E-state index is 0.839. The molecular formula is C23H27N3O. The van der Waals surface area contributed by atoms with Gasteiger partial charge >= 0.3 is 0 Å². The number of aromatic nitrogens is 1. The summed E-state index contributed by atoms with van der Waals surface area (Å²) in [6, 6.07) is 15.0. The molecular weight excluding hydrogens is 334 g/mol. The zero-order chi connectivity index (χ0) is 19.0. The number of ether oxygens (including phenoxy) is 1. The topological polar surface area (TPSA) is 28.6 Å². The van der Waals surface area contributed by atoms with Gasteiger partial charge in [0.25, 0.3) is 0 Å². The molecule has 4 heteroatoms. The number of benzene rings is 2. The first-order valence-electron chi connectivity index (χ1n) is 9.58. The molecule has 4 nitrogen and oxygen atoms in total. The van der Waals surface area contributed by atoms with Crippen molar-refractivity contribution in [1.82, 2.24) is 4.98 Å². The summed E-state index contributed by atoms with van der Waals surface area (Å²) >= 11 is 0. The van der Waals surface area contributed by atoms with Gasteiger partial charge in [0.05, 0.1) is 7.11 Å². The molecule has 0 amide bonds. The summed E-state index contributed by atoms with van der Waals surface area (Å²) in [5.41, 5.74) is 6.21. The molecule has 0 radical (unpaired) electrons. The van der Waals surface area contributed by atoms with E-state index in [2.05, 4.69) is 60.9 Å². The SMILES string of the molecule is COc1cccc2c(C)cc(N3CCN(c4cc(C)ccc4C)CC3)nc12. The number of piperazine rings is 1. The van der Waals surface area contributed by atoms with E-state index in [9.17, 15) is 0 Å². The molecule has 2 heterocycles. The normalized spacial score (nSPS) is 14.7. The molecule has 2 aromatic carbocycles. The van der Waals surface area contributed by atoms with Crippen molar-refractivity contribution in [3.8, 4) is 5.75 Å². The molecule has 1 aliphatic rings. The minimum Gasteiger partial charge on any atom is -0.494 e. The van der Waals surface area contributed by atoms with Gasteiger partial charge in [0.2, 0.25) is 0 Å². The van der Waals surface area contributed by atoms with Crippen LogP contribution in [0.2, 0.25) is 0 Å². The Hall–Kier alpha value is -2.75. The molecule has 1 saturated heterocycles. The predicted octanol–water partition coefficient (Wildman–Crippen LogP) is 4.50. The lowest BCUT2D eigenvalue weighted by Crippen LogP contribution is -2.47. The van der Waals surface area contributed by atoms with Crippen molar-refractivity contribution in [1.29, 1.82) is 0 Å². The summed E-state index contributed by atoms with van der Waals surface area (Å²) in [4.78, 5) is 9.83. The highest BCUT2D eigenvalue weighted by Gasteiger charge is 2.20. The lowest BCUT2D eigenvalue weighted by atomic mass is 10.1. The van der Waals surface area contributed by atoms with E-state index in [1.54, 1.807) is 7.11 Å². The Morgan fingerprint density at radius 1 is 0.852 bits per heavy atom. The molecule has 0 unspecified atom stereocenters. The fourth-order valence-corrected chi connectivity index (χ4v) is 3.94. The van der Waals surface area contributed by atoms with Crippen LogP contribution in [-0.4, -0.2) is 38.3 Å². The second-order valence-electron chi connectivity index (χ2n) is 7.42. The summed E-state index contributed by atoms with van der Waals surface area (Å²) in [7, 11) is 1.71. The number of methoxy groups -OCH3 is 1. The first kappa shape index (κ1) is 17.7. The summed E-state index contributed by atoms with van der Waals surface area (Å²) in [6.07, 6.45) is 0. The van der Waals surface area contributed by atoms with Crippen LogP contribution in [0.3, 0.4) is 0 Å². The molecule has 140 valence electrons. The van der Waals surface area contributed by atoms with Gasteiger partial charge in [-0.05, 0) is 55.7 Å². The van der Waals surface area contributed by atoms with Crippen LogP contribution in [0.4, 0.5) is 11.5 Å². The van der Waals surface area contributed by atoms with Crippen LogP contribution in [0, 0.1) is 20.8 Å². The molecule has 0 N–H and O–H groups in total. The third-order valence-corrected chi connectivity index (χ3v) is 5.52. The van der Waals surface area contributed by atoms with Gasteiger partial charge in [-0.1, -0.05) is 24.3 Å². The Morgan fingerprint density at radius 2 is 1.59 bits per heavy atom. The largest absolute Gasteiger partial charge is 0.494 e. The first-order valence-corrected chi connectivity index (χ1v) is 9.58. The van der Waals surface area contributed by atoms with E-state index in [0.717, 1.165) is 48.6 Å². The molecule has 3 aromatic rings. The summed E-state index contributed by atoms with van der Waals surface area (Å²) in [5, 5.41) is 1.16. The Morgan fingerprint density at radius 3 is 2.33 bits per heavy atom. The smallest absolute Gasteiger partial charge is 0.145 e. The molecule has 4 rings (SSSR count). The fourth-order valence-electron chi connectivity index (χ4n) is 3.94. The van der Waals surface area contributed by atoms with E-state index in [1.807, 2.05) is 12.1 Å². The number of anilines is 2. The highest BCUT2D eigenvalue weighted by atomic mass is 16.5. The summed E-state index contributed by atoms with van der Waals surface area (Å²) in [6.45, 7) is 10.5. The maximum absolute atomic E-state index is 5.53. The molecule has 0 spiro atoms. The number of para-hydroxylation sites is 1. The summed E-state index contributed by atoms with van der Waals surface area (Å²) < 4.78 is 5.53. The van der Waals surface area contributed by atoms with Gasteiger partial charge in [-0.15, -0.1) is 0 Å². The lowest BCUT2D eigenvalue weighted by Gasteiger charge is -2.37. The van der Waals surface area contributed by atoms with Crippen molar-refractivity contribution in [2.45, 2.75) is 20.8 Å². The van der Waals surface area contributed by atoms with Gasteiger partial charge in [-0.3, -0.25) is 0 Å². The molecule has 0 atom stereocenters. The third-order valence-electron chi connectivity index (χ3n) is 5.52. The average Bonchev–Trinajstić information content (AvgIpc) is 2.69. The maximum Gasteiger partial charge on any atom is 0.145 e. The Balaban J connectivity index is 1.59. The van der Waals surface area contributed by atoms with Gasteiger partial charge in [0.1, 0.15) is 17.1 Å². The minimum absolute atomic E-state index is 0.839. The van der Waals surface area contributed by atoms with Crippen molar-refractivity contribution in [2.75, 3.05) is 43.1 Å². The van der Waals surface area contributed by atoms with Crippen molar-refractivity contribution in [2.24, 2.45) is 0 Å². The van der Waals surface area contributed by atoms with Crippen molar-refractivity contribution >= 4 is 22.4 Å². The quantitative estimate of drug-likeness (QED) is 0.687. The van der Waals surface area contributed by atoms with Crippen LogP contribution < -0.4 is 14.5 Å². The Labute approximate surface area is 161 Å². The van der Waals surface area contributed by atoms with E-state index in [1.165, 1.54) is 22.4 Å². The van der Waals surface area contributed by atoms with Gasteiger partial charge < -0.3 is 14.5 Å². The standard InChI is InChI=1S/C23H27N3O/c1-16-8-9-17(2)20(14-16)25-10-12-26(13-11-25)22-15-18(3)19-6-5-7-21(27-4)23(19)24-22/h5-9,14-15H,10-13H2,1-4H3. The highest BCUT2D eigenvalue weighted by molar-refractivity contribution is 5.89. The number of rotatable bonds is 3. The van der Waals surface area contributed by atoms with Crippen LogP contribution >= 0.6 is 0 Å². The molecule has 0 bridgehead atoms. The Bertz CT molecular complexity index is 975. The van der Waals surface area contributed by atoms with Crippen LogP contribution in [0.5, 0.6) is 5.75 Å².